The minimum atomic E-state index is -0.187. The van der Waals surface area contributed by atoms with Crippen LogP contribution < -0.4 is 10.2 Å². The number of thioether (sulfide) groups is 1. The number of halogens is 1. The van der Waals surface area contributed by atoms with Gasteiger partial charge in [-0.3, -0.25) is 14.2 Å². The molecule has 2 aromatic heterocycles. The number of fused-ring (bicyclic) bond motifs is 6. The fraction of sp³-hybridized carbons (Fsp3) is 0.391. The first-order valence-corrected chi connectivity index (χ1v) is 13.5. The van der Waals surface area contributed by atoms with E-state index in [4.69, 9.17) is 11.6 Å². The Hall–Kier alpha value is -1.54. The van der Waals surface area contributed by atoms with E-state index in [0.29, 0.717) is 27.8 Å². The van der Waals surface area contributed by atoms with E-state index < -0.39 is 0 Å². The van der Waals surface area contributed by atoms with E-state index >= 15 is 0 Å². The molecule has 0 radical (unpaired) electrons. The predicted octanol–water partition coefficient (Wildman–Crippen LogP) is 5.92. The van der Waals surface area contributed by atoms with Crippen molar-refractivity contribution in [3.63, 3.8) is 0 Å². The highest BCUT2D eigenvalue weighted by molar-refractivity contribution is 8.00. The second kappa shape index (κ2) is 7.80. The summed E-state index contributed by atoms with van der Waals surface area (Å²) in [4.78, 5) is 28.3. The number of amides is 1. The normalized spacial score (nSPS) is 28.4. The van der Waals surface area contributed by atoms with E-state index in [-0.39, 0.29) is 17.3 Å². The number of carbonyl (C=O) groups is 1. The highest BCUT2D eigenvalue weighted by Crippen LogP contribution is 2.64. The first kappa shape index (κ1) is 20.1. The molecular formula is C23H21ClN2O2S3. The van der Waals surface area contributed by atoms with Gasteiger partial charge in [0, 0.05) is 31.6 Å². The van der Waals surface area contributed by atoms with Crippen molar-refractivity contribution in [1.29, 1.82) is 0 Å². The monoisotopic (exact) mass is 488 g/mol. The number of benzene rings is 1. The number of nitrogens with zero attached hydrogens (tertiary/aromatic N) is 1. The summed E-state index contributed by atoms with van der Waals surface area (Å²) in [6.07, 6.45) is 3.94. The Kier molecular flexibility index (Phi) is 5.05. The number of carbonyl (C=O) groups excluding carboxylic acids is 1. The van der Waals surface area contributed by atoms with Gasteiger partial charge in [-0.2, -0.15) is 0 Å². The van der Waals surface area contributed by atoms with Crippen LogP contribution in [0.15, 0.2) is 51.6 Å². The Morgan fingerprint density at radius 3 is 2.74 bits per heavy atom. The largest absolute Gasteiger partial charge is 0.325 e. The fourth-order valence-corrected chi connectivity index (χ4v) is 9.99. The lowest BCUT2D eigenvalue weighted by Gasteiger charge is -2.40. The molecule has 2 saturated carbocycles. The number of hydrogen-bond acceptors (Lipinski definition) is 5. The molecule has 3 heterocycles. The third-order valence-electron chi connectivity index (χ3n) is 6.97. The molecule has 2 aliphatic carbocycles. The molecule has 1 N–H and O–H groups in total. The Labute approximate surface area is 197 Å². The molecule has 3 aliphatic rings. The van der Waals surface area contributed by atoms with E-state index in [1.54, 1.807) is 40.2 Å². The van der Waals surface area contributed by atoms with Crippen LogP contribution in [0.5, 0.6) is 0 Å². The van der Waals surface area contributed by atoms with Crippen LogP contribution in [0.4, 0.5) is 5.69 Å². The molecule has 5 atom stereocenters. The maximum atomic E-state index is 13.0. The van der Waals surface area contributed by atoms with E-state index in [2.05, 4.69) is 22.8 Å². The van der Waals surface area contributed by atoms with Gasteiger partial charge in [-0.05, 0) is 72.7 Å². The van der Waals surface area contributed by atoms with Crippen LogP contribution in [-0.2, 0) is 11.3 Å². The second-order valence-electron chi connectivity index (χ2n) is 8.66. The molecule has 2 bridgehead atoms. The standard InChI is InChI=1S/C23H21ClN2O2S3/c24-14-5-7-15(8-6-14)25-17(27)11-26-22-21(31-23(26)28)19(16-2-1-9-29-16)18-12-3-4-13(10-12)20(18)30-22/h1-2,5-9,12-13,18-20H,3-4,10-11H2,(H,25,27)/t12?,13?,18?,19-,20?/m1/s1. The van der Waals surface area contributed by atoms with Gasteiger partial charge in [-0.15, -0.1) is 23.1 Å². The van der Waals surface area contributed by atoms with Crippen LogP contribution in [-0.4, -0.2) is 15.7 Å². The van der Waals surface area contributed by atoms with Gasteiger partial charge in [-0.25, -0.2) is 0 Å². The van der Waals surface area contributed by atoms with Crippen molar-refractivity contribution in [2.45, 2.75) is 42.0 Å². The summed E-state index contributed by atoms with van der Waals surface area (Å²) in [6, 6.07) is 11.4. The zero-order valence-electron chi connectivity index (χ0n) is 16.6. The number of aromatic nitrogens is 1. The van der Waals surface area contributed by atoms with Gasteiger partial charge >= 0.3 is 4.87 Å². The lowest BCUT2D eigenvalue weighted by atomic mass is 9.77. The van der Waals surface area contributed by atoms with Crippen molar-refractivity contribution >= 4 is 57.6 Å². The average molecular weight is 489 g/mol. The van der Waals surface area contributed by atoms with Crippen molar-refractivity contribution in [2.75, 3.05) is 5.32 Å². The Balaban J connectivity index is 1.34. The first-order chi connectivity index (χ1) is 15.1. The van der Waals surface area contributed by atoms with Gasteiger partial charge in [-0.1, -0.05) is 29.0 Å². The van der Waals surface area contributed by atoms with E-state index in [0.717, 1.165) is 16.9 Å². The zero-order valence-corrected chi connectivity index (χ0v) is 19.8. The van der Waals surface area contributed by atoms with Crippen LogP contribution in [0, 0.1) is 17.8 Å². The summed E-state index contributed by atoms with van der Waals surface area (Å²) < 4.78 is 1.71. The Bertz CT molecular complexity index is 1180. The summed E-state index contributed by atoms with van der Waals surface area (Å²) >= 11 is 10.9. The molecule has 4 nitrogen and oxygen atoms in total. The molecule has 160 valence electrons. The highest BCUT2D eigenvalue weighted by atomic mass is 35.5. The van der Waals surface area contributed by atoms with Crippen LogP contribution in [0.1, 0.15) is 34.9 Å². The number of anilines is 1. The molecule has 1 amide bonds. The van der Waals surface area contributed by atoms with E-state index in [1.165, 1.54) is 40.4 Å². The van der Waals surface area contributed by atoms with Crippen molar-refractivity contribution in [3.8, 4) is 0 Å². The van der Waals surface area contributed by atoms with Crippen molar-refractivity contribution in [3.05, 3.63) is 66.2 Å². The first-order valence-electron chi connectivity index (χ1n) is 10.6. The van der Waals surface area contributed by atoms with Gasteiger partial charge in [0.15, 0.2) is 0 Å². The van der Waals surface area contributed by atoms with E-state index in [1.807, 2.05) is 11.8 Å². The molecule has 8 heteroatoms. The van der Waals surface area contributed by atoms with E-state index in [9.17, 15) is 9.59 Å². The quantitative estimate of drug-likeness (QED) is 0.496. The maximum Gasteiger partial charge on any atom is 0.308 e. The third-order valence-corrected chi connectivity index (χ3v) is 11.0. The number of thiazole rings is 1. The molecule has 4 unspecified atom stereocenters. The summed E-state index contributed by atoms with van der Waals surface area (Å²) in [6.45, 7) is 0.0446. The number of rotatable bonds is 4. The maximum absolute atomic E-state index is 13.0. The van der Waals surface area contributed by atoms with Crippen molar-refractivity contribution in [2.24, 2.45) is 17.8 Å². The van der Waals surface area contributed by atoms with Gasteiger partial charge in [0.2, 0.25) is 5.91 Å². The molecule has 1 aromatic carbocycles. The molecule has 0 saturated heterocycles. The van der Waals surface area contributed by atoms with Crippen molar-refractivity contribution < 1.29 is 4.79 Å². The van der Waals surface area contributed by atoms with Gasteiger partial charge in [0.05, 0.1) is 5.03 Å². The number of nitrogens with one attached hydrogen (secondary N) is 1. The van der Waals surface area contributed by atoms with Crippen LogP contribution in [0.2, 0.25) is 5.02 Å². The van der Waals surface area contributed by atoms with Gasteiger partial charge in [0.25, 0.3) is 0 Å². The second-order valence-corrected chi connectivity index (χ2v) is 12.2. The fourth-order valence-electron chi connectivity index (χ4n) is 5.75. The molecule has 0 spiro atoms. The molecule has 6 rings (SSSR count). The lowest BCUT2D eigenvalue weighted by molar-refractivity contribution is -0.116. The van der Waals surface area contributed by atoms with Crippen LogP contribution >= 0.6 is 46.0 Å². The minimum absolute atomic E-state index is 0.0300. The summed E-state index contributed by atoms with van der Waals surface area (Å²) in [5.41, 5.74) is 0.684. The Morgan fingerprint density at radius 1 is 1.16 bits per heavy atom. The zero-order chi connectivity index (χ0) is 21.1. The smallest absolute Gasteiger partial charge is 0.308 e. The molecule has 1 aliphatic heterocycles. The molecule has 3 aromatic rings. The number of hydrogen-bond donors (Lipinski definition) is 1. The minimum Gasteiger partial charge on any atom is -0.325 e. The molecule has 31 heavy (non-hydrogen) atoms. The van der Waals surface area contributed by atoms with Crippen LogP contribution in [0.25, 0.3) is 0 Å². The SMILES string of the molecule is O=C(Cn1c2c(sc1=O)[C@H](c1cccs1)C1C3CCC(C3)C1S2)Nc1ccc(Cl)cc1. The predicted molar refractivity (Wildman–Crippen MR) is 129 cm³/mol. The summed E-state index contributed by atoms with van der Waals surface area (Å²) in [7, 11) is 0. The van der Waals surface area contributed by atoms with Gasteiger partial charge < -0.3 is 5.32 Å². The lowest BCUT2D eigenvalue weighted by Crippen LogP contribution is -2.34. The molecular weight excluding hydrogens is 468 g/mol. The summed E-state index contributed by atoms with van der Waals surface area (Å²) in [5.74, 6) is 2.23. The highest BCUT2D eigenvalue weighted by Gasteiger charge is 2.55. The topological polar surface area (TPSA) is 51.1 Å². The van der Waals surface area contributed by atoms with Gasteiger partial charge in [0.1, 0.15) is 6.54 Å². The number of thiophene rings is 1. The Morgan fingerprint density at radius 2 is 1.97 bits per heavy atom. The third kappa shape index (κ3) is 3.41. The average Bonchev–Trinajstić information content (AvgIpc) is 3.54. The van der Waals surface area contributed by atoms with Crippen molar-refractivity contribution in [1.82, 2.24) is 4.57 Å². The van der Waals surface area contributed by atoms with Crippen LogP contribution in [0.3, 0.4) is 0 Å². The summed E-state index contributed by atoms with van der Waals surface area (Å²) in [5, 5.41) is 7.23. The molecule has 2 fully saturated rings.